The third-order valence-electron chi connectivity index (χ3n) is 3.79. The van der Waals surface area contributed by atoms with Gasteiger partial charge in [0.1, 0.15) is 5.82 Å². The quantitative estimate of drug-likeness (QED) is 0.826. The Kier molecular flexibility index (Phi) is 3.26. The second kappa shape index (κ2) is 4.52. The molecule has 1 aromatic carbocycles. The Morgan fingerprint density at radius 2 is 1.94 bits per heavy atom. The molecular weight excluding hydrogens is 205 g/mol. The Morgan fingerprint density at radius 1 is 1.31 bits per heavy atom. The van der Waals surface area contributed by atoms with E-state index in [2.05, 4.69) is 0 Å². The summed E-state index contributed by atoms with van der Waals surface area (Å²) in [6, 6.07) is 6.42. The van der Waals surface area contributed by atoms with E-state index in [1.54, 1.807) is 18.2 Å². The predicted molar refractivity (Wildman–Crippen MR) is 61.3 cm³/mol. The number of benzene rings is 1. The van der Waals surface area contributed by atoms with Gasteiger partial charge < -0.3 is 10.8 Å². The number of hydrogen-bond acceptors (Lipinski definition) is 2. The summed E-state index contributed by atoms with van der Waals surface area (Å²) in [4.78, 5) is 0. The zero-order valence-corrected chi connectivity index (χ0v) is 9.32. The van der Waals surface area contributed by atoms with Crippen molar-refractivity contribution in [3.63, 3.8) is 0 Å². The van der Waals surface area contributed by atoms with E-state index in [0.717, 1.165) is 25.7 Å². The highest BCUT2D eigenvalue weighted by Crippen LogP contribution is 2.47. The first kappa shape index (κ1) is 11.6. The van der Waals surface area contributed by atoms with E-state index in [-0.39, 0.29) is 11.2 Å². The van der Waals surface area contributed by atoms with Crippen LogP contribution in [-0.4, -0.2) is 11.7 Å². The minimum absolute atomic E-state index is 0.317. The lowest BCUT2D eigenvalue weighted by atomic mass is 9.77. The molecule has 0 radical (unpaired) electrons. The third-order valence-corrected chi connectivity index (χ3v) is 3.79. The van der Waals surface area contributed by atoms with E-state index in [4.69, 9.17) is 5.73 Å². The molecule has 16 heavy (non-hydrogen) atoms. The summed E-state index contributed by atoms with van der Waals surface area (Å²) in [6.07, 6.45) is 3.14. The Labute approximate surface area is 95.3 Å². The van der Waals surface area contributed by atoms with Gasteiger partial charge in [0, 0.05) is 17.5 Å². The van der Waals surface area contributed by atoms with Crippen molar-refractivity contribution in [3.05, 3.63) is 35.6 Å². The molecule has 1 atom stereocenters. The molecule has 1 fully saturated rings. The maximum absolute atomic E-state index is 13.6. The van der Waals surface area contributed by atoms with E-state index in [1.165, 1.54) is 6.07 Å². The van der Waals surface area contributed by atoms with Crippen molar-refractivity contribution in [1.29, 1.82) is 0 Å². The second-order valence-electron chi connectivity index (χ2n) is 4.70. The highest BCUT2D eigenvalue weighted by Gasteiger charge is 2.40. The van der Waals surface area contributed by atoms with Gasteiger partial charge in [-0.05, 0) is 18.9 Å². The number of aliphatic hydroxyl groups is 1. The molecule has 1 aliphatic rings. The fraction of sp³-hybridized carbons (Fsp3) is 0.538. The first-order valence-corrected chi connectivity index (χ1v) is 5.82. The predicted octanol–water partition coefficient (Wildman–Crippen LogP) is 2.38. The normalized spacial score (nSPS) is 20.9. The Morgan fingerprint density at radius 3 is 2.50 bits per heavy atom. The number of rotatable bonds is 3. The molecule has 0 aliphatic heterocycles. The lowest BCUT2D eigenvalue weighted by Crippen LogP contribution is -2.34. The van der Waals surface area contributed by atoms with E-state index in [1.807, 2.05) is 0 Å². The van der Waals surface area contributed by atoms with Crippen LogP contribution in [0.25, 0.3) is 0 Å². The third kappa shape index (κ3) is 1.85. The molecule has 3 heteroatoms. The van der Waals surface area contributed by atoms with Crippen LogP contribution >= 0.6 is 0 Å². The van der Waals surface area contributed by atoms with Crippen LogP contribution in [0.3, 0.4) is 0 Å². The molecule has 0 bridgehead atoms. The summed E-state index contributed by atoms with van der Waals surface area (Å²) < 4.78 is 13.6. The molecule has 88 valence electrons. The van der Waals surface area contributed by atoms with Gasteiger partial charge in [-0.15, -0.1) is 0 Å². The fourth-order valence-electron chi connectivity index (χ4n) is 2.70. The first-order valence-electron chi connectivity index (χ1n) is 5.82. The largest absolute Gasteiger partial charge is 0.388 e. The lowest BCUT2D eigenvalue weighted by molar-refractivity contribution is 0.0306. The van der Waals surface area contributed by atoms with Gasteiger partial charge in [-0.1, -0.05) is 31.0 Å². The molecule has 0 amide bonds. The average molecular weight is 223 g/mol. The van der Waals surface area contributed by atoms with Crippen LogP contribution in [0.4, 0.5) is 4.39 Å². The van der Waals surface area contributed by atoms with E-state index in [9.17, 15) is 9.50 Å². The topological polar surface area (TPSA) is 46.2 Å². The van der Waals surface area contributed by atoms with Gasteiger partial charge in [-0.2, -0.15) is 0 Å². The van der Waals surface area contributed by atoms with Crippen molar-refractivity contribution in [2.24, 2.45) is 11.1 Å². The minimum atomic E-state index is -0.777. The number of aliphatic hydroxyl groups excluding tert-OH is 1. The number of nitrogens with two attached hydrogens (primary N) is 1. The molecule has 0 heterocycles. The molecule has 0 aromatic heterocycles. The maximum atomic E-state index is 13.6. The average Bonchev–Trinajstić information content (AvgIpc) is 2.78. The van der Waals surface area contributed by atoms with Gasteiger partial charge in [0.2, 0.25) is 0 Å². The van der Waals surface area contributed by atoms with E-state index >= 15 is 0 Å². The standard InChI is InChI=1S/C13H18FNO/c14-11-6-2-1-5-10(11)12(16)13(9-15)7-3-4-8-13/h1-2,5-6,12,16H,3-4,7-9,15H2. The van der Waals surface area contributed by atoms with Crippen LogP contribution in [0, 0.1) is 11.2 Å². The van der Waals surface area contributed by atoms with Crippen molar-refractivity contribution >= 4 is 0 Å². The van der Waals surface area contributed by atoms with Crippen molar-refractivity contribution in [3.8, 4) is 0 Å². The van der Waals surface area contributed by atoms with Crippen LogP contribution < -0.4 is 5.73 Å². The van der Waals surface area contributed by atoms with Crippen molar-refractivity contribution in [2.45, 2.75) is 31.8 Å². The van der Waals surface area contributed by atoms with Gasteiger partial charge in [-0.3, -0.25) is 0 Å². The van der Waals surface area contributed by atoms with Crippen LogP contribution in [0.5, 0.6) is 0 Å². The summed E-state index contributed by atoms with van der Waals surface area (Å²) in [6.45, 7) is 0.419. The SMILES string of the molecule is NCC1(C(O)c2ccccc2F)CCCC1. The highest BCUT2D eigenvalue weighted by molar-refractivity contribution is 5.22. The Hall–Kier alpha value is -0.930. The highest BCUT2D eigenvalue weighted by atomic mass is 19.1. The summed E-state index contributed by atoms with van der Waals surface area (Å²) in [5, 5.41) is 10.3. The summed E-state index contributed by atoms with van der Waals surface area (Å²) in [5.41, 5.74) is 5.84. The molecule has 2 rings (SSSR count). The Bertz CT molecular complexity index is 361. The summed E-state index contributed by atoms with van der Waals surface area (Å²) in [7, 11) is 0. The molecule has 1 unspecified atom stereocenters. The number of halogens is 1. The van der Waals surface area contributed by atoms with Crippen LogP contribution in [0.2, 0.25) is 0 Å². The summed E-state index contributed by atoms with van der Waals surface area (Å²) in [5.74, 6) is -0.338. The zero-order chi connectivity index (χ0) is 11.6. The van der Waals surface area contributed by atoms with Gasteiger partial charge in [0.15, 0.2) is 0 Å². The first-order chi connectivity index (χ1) is 7.69. The molecule has 2 nitrogen and oxygen atoms in total. The van der Waals surface area contributed by atoms with Crippen molar-refractivity contribution < 1.29 is 9.50 Å². The maximum Gasteiger partial charge on any atom is 0.129 e. The Balaban J connectivity index is 2.30. The molecular formula is C13H18FNO. The van der Waals surface area contributed by atoms with E-state index < -0.39 is 6.10 Å². The second-order valence-corrected chi connectivity index (χ2v) is 4.70. The van der Waals surface area contributed by atoms with Crippen molar-refractivity contribution in [2.75, 3.05) is 6.54 Å². The fourth-order valence-corrected chi connectivity index (χ4v) is 2.70. The molecule has 3 N–H and O–H groups in total. The smallest absolute Gasteiger partial charge is 0.129 e. The number of hydrogen-bond donors (Lipinski definition) is 2. The van der Waals surface area contributed by atoms with E-state index in [0.29, 0.717) is 12.1 Å². The molecule has 1 saturated carbocycles. The van der Waals surface area contributed by atoms with Crippen LogP contribution in [0.1, 0.15) is 37.4 Å². The zero-order valence-electron chi connectivity index (χ0n) is 9.32. The molecule has 0 spiro atoms. The van der Waals surface area contributed by atoms with Gasteiger partial charge in [0.25, 0.3) is 0 Å². The minimum Gasteiger partial charge on any atom is -0.388 e. The van der Waals surface area contributed by atoms with Crippen LogP contribution in [0.15, 0.2) is 24.3 Å². The van der Waals surface area contributed by atoms with Crippen LogP contribution in [-0.2, 0) is 0 Å². The summed E-state index contributed by atoms with van der Waals surface area (Å²) >= 11 is 0. The molecule has 0 saturated heterocycles. The van der Waals surface area contributed by atoms with Crippen molar-refractivity contribution in [1.82, 2.24) is 0 Å². The lowest BCUT2D eigenvalue weighted by Gasteiger charge is -2.33. The monoisotopic (exact) mass is 223 g/mol. The van der Waals surface area contributed by atoms with Gasteiger partial charge in [0.05, 0.1) is 6.10 Å². The molecule has 1 aromatic rings. The van der Waals surface area contributed by atoms with Gasteiger partial charge in [-0.25, -0.2) is 4.39 Å². The van der Waals surface area contributed by atoms with Gasteiger partial charge >= 0.3 is 0 Å². The molecule has 1 aliphatic carbocycles.